The van der Waals surface area contributed by atoms with Gasteiger partial charge in [-0.3, -0.25) is 4.99 Å². The second-order valence-corrected chi connectivity index (χ2v) is 4.75. The van der Waals surface area contributed by atoms with Crippen molar-refractivity contribution in [2.24, 2.45) is 10.7 Å². The molecule has 3 nitrogen and oxygen atoms in total. The maximum atomic E-state index is 5.53. The number of hydrogen-bond donors (Lipinski definition) is 1. The number of nitrogens with zero attached hydrogens (tertiary/aromatic N) is 1. The fraction of sp³-hybridized carbons (Fsp3) is 0.300. The number of halogens is 1. The second kappa shape index (κ2) is 6.74. The lowest BCUT2D eigenvalue weighted by atomic mass is 10.3. The summed E-state index contributed by atoms with van der Waals surface area (Å²) >= 11 is 4.87. The van der Waals surface area contributed by atoms with Gasteiger partial charge < -0.3 is 10.5 Å². The first-order valence-electron chi connectivity index (χ1n) is 4.46. The van der Waals surface area contributed by atoms with Crippen molar-refractivity contribution in [2.75, 3.05) is 19.4 Å². The van der Waals surface area contributed by atoms with Crippen LogP contribution in [0.2, 0.25) is 0 Å². The van der Waals surface area contributed by atoms with Gasteiger partial charge in [-0.2, -0.15) is 0 Å². The van der Waals surface area contributed by atoms with Crippen molar-refractivity contribution in [1.29, 1.82) is 0 Å². The van der Waals surface area contributed by atoms with E-state index in [1.54, 1.807) is 7.05 Å². The Morgan fingerprint density at radius 2 is 2.40 bits per heavy atom. The molecule has 0 aliphatic carbocycles. The predicted molar refractivity (Wildman–Crippen MR) is 69.6 cm³/mol. The highest BCUT2D eigenvalue weighted by Crippen LogP contribution is 2.17. The molecular weight excluding hydrogens is 276 g/mol. The number of aliphatic imine (C=N–C) groups is 1. The predicted octanol–water partition coefficient (Wildman–Crippen LogP) is 2.51. The zero-order chi connectivity index (χ0) is 11.1. The molecule has 5 heteroatoms. The Morgan fingerprint density at radius 3 is 3.07 bits per heavy atom. The molecule has 0 aliphatic heterocycles. The van der Waals surface area contributed by atoms with Crippen molar-refractivity contribution in [3.05, 3.63) is 28.7 Å². The van der Waals surface area contributed by atoms with E-state index >= 15 is 0 Å². The largest absolute Gasteiger partial charge is 0.493 e. The number of ether oxygens (including phenoxy) is 1. The van der Waals surface area contributed by atoms with Crippen molar-refractivity contribution < 1.29 is 4.74 Å². The lowest BCUT2D eigenvalue weighted by Gasteiger charge is -2.05. The van der Waals surface area contributed by atoms with Crippen molar-refractivity contribution in [3.63, 3.8) is 0 Å². The van der Waals surface area contributed by atoms with Crippen LogP contribution in [-0.2, 0) is 0 Å². The molecule has 0 radical (unpaired) electrons. The molecule has 82 valence electrons. The molecule has 1 aromatic rings. The summed E-state index contributed by atoms with van der Waals surface area (Å²) in [6.45, 7) is 0.622. The summed E-state index contributed by atoms with van der Waals surface area (Å²) in [4.78, 5) is 3.84. The number of rotatable bonds is 4. The van der Waals surface area contributed by atoms with Crippen LogP contribution in [0.15, 0.2) is 33.7 Å². The Kier molecular flexibility index (Phi) is 5.57. The summed E-state index contributed by atoms with van der Waals surface area (Å²) in [6.07, 6.45) is 0. The van der Waals surface area contributed by atoms with Crippen LogP contribution in [0.25, 0.3) is 0 Å². The molecule has 2 N–H and O–H groups in total. The van der Waals surface area contributed by atoms with Crippen LogP contribution in [0.3, 0.4) is 0 Å². The first kappa shape index (κ1) is 12.4. The Labute approximate surface area is 102 Å². The van der Waals surface area contributed by atoms with Crippen LogP contribution in [0.1, 0.15) is 0 Å². The van der Waals surface area contributed by atoms with Crippen molar-refractivity contribution in [2.45, 2.75) is 0 Å². The minimum Gasteiger partial charge on any atom is -0.493 e. The Balaban J connectivity index is 2.26. The van der Waals surface area contributed by atoms with Gasteiger partial charge in [0.2, 0.25) is 0 Å². The van der Waals surface area contributed by atoms with Gasteiger partial charge in [-0.05, 0) is 18.2 Å². The minimum absolute atomic E-state index is 0.591. The third-order valence-corrected chi connectivity index (χ3v) is 2.96. The van der Waals surface area contributed by atoms with Crippen LogP contribution in [-0.4, -0.2) is 24.6 Å². The summed E-state index contributed by atoms with van der Waals surface area (Å²) in [7, 11) is 1.68. The van der Waals surface area contributed by atoms with Gasteiger partial charge in [-0.15, -0.1) is 0 Å². The maximum absolute atomic E-state index is 5.53. The van der Waals surface area contributed by atoms with E-state index in [1.165, 1.54) is 11.8 Å². The summed E-state index contributed by atoms with van der Waals surface area (Å²) in [5.41, 5.74) is 5.53. The van der Waals surface area contributed by atoms with Crippen LogP contribution in [0.4, 0.5) is 0 Å². The molecule has 0 unspecified atom stereocenters. The Bertz CT molecular complexity index is 344. The summed E-state index contributed by atoms with van der Waals surface area (Å²) < 4.78 is 6.54. The molecule has 1 aromatic carbocycles. The molecule has 0 saturated carbocycles. The van der Waals surface area contributed by atoms with Gasteiger partial charge in [-0.1, -0.05) is 33.8 Å². The standard InChI is InChI=1S/C10H13BrN2OS/c1-13-10(12)15-6-5-14-9-4-2-3-8(11)7-9/h2-4,7H,5-6H2,1H3,(H2,12,13). The molecule has 0 atom stereocenters. The van der Waals surface area contributed by atoms with E-state index in [9.17, 15) is 0 Å². The molecule has 0 fully saturated rings. The lowest BCUT2D eigenvalue weighted by molar-refractivity contribution is 0.344. The topological polar surface area (TPSA) is 47.6 Å². The quantitative estimate of drug-likeness (QED) is 0.526. The van der Waals surface area contributed by atoms with E-state index in [4.69, 9.17) is 10.5 Å². The minimum atomic E-state index is 0.591. The highest BCUT2D eigenvalue weighted by molar-refractivity contribution is 9.10. The van der Waals surface area contributed by atoms with E-state index < -0.39 is 0 Å². The molecular formula is C10H13BrN2OS. The van der Waals surface area contributed by atoms with Gasteiger partial charge in [0.05, 0.1) is 6.61 Å². The summed E-state index contributed by atoms with van der Waals surface area (Å²) in [5.74, 6) is 1.66. The van der Waals surface area contributed by atoms with E-state index in [-0.39, 0.29) is 0 Å². The fourth-order valence-electron chi connectivity index (χ4n) is 0.927. The molecule has 0 aliphatic rings. The van der Waals surface area contributed by atoms with Gasteiger partial charge in [0.25, 0.3) is 0 Å². The van der Waals surface area contributed by atoms with Crippen LogP contribution >= 0.6 is 27.7 Å². The lowest BCUT2D eigenvalue weighted by Crippen LogP contribution is -2.10. The van der Waals surface area contributed by atoms with Gasteiger partial charge in [0.1, 0.15) is 5.75 Å². The van der Waals surface area contributed by atoms with E-state index in [1.807, 2.05) is 24.3 Å². The monoisotopic (exact) mass is 288 g/mol. The average Bonchev–Trinajstić information content (AvgIpc) is 2.24. The zero-order valence-electron chi connectivity index (χ0n) is 8.44. The molecule has 15 heavy (non-hydrogen) atoms. The Morgan fingerprint density at radius 1 is 1.60 bits per heavy atom. The Hall–Kier alpha value is -0.680. The van der Waals surface area contributed by atoms with Gasteiger partial charge in [-0.25, -0.2) is 0 Å². The van der Waals surface area contributed by atoms with Crippen LogP contribution in [0.5, 0.6) is 5.75 Å². The van der Waals surface area contributed by atoms with Crippen molar-refractivity contribution in [3.8, 4) is 5.75 Å². The average molecular weight is 289 g/mol. The molecule has 0 aromatic heterocycles. The number of thioether (sulfide) groups is 1. The molecule has 0 amide bonds. The van der Waals surface area contributed by atoms with Gasteiger partial charge in [0, 0.05) is 17.3 Å². The second-order valence-electron chi connectivity index (χ2n) is 2.72. The molecule has 0 heterocycles. The smallest absolute Gasteiger partial charge is 0.153 e. The number of nitrogens with two attached hydrogens (primary N) is 1. The first-order chi connectivity index (χ1) is 7.22. The number of benzene rings is 1. The van der Waals surface area contributed by atoms with Crippen LogP contribution in [0, 0.1) is 0 Å². The van der Waals surface area contributed by atoms with Crippen molar-refractivity contribution >= 4 is 32.9 Å². The molecule has 0 bridgehead atoms. The highest BCUT2D eigenvalue weighted by Gasteiger charge is 1.96. The van der Waals surface area contributed by atoms with Gasteiger partial charge >= 0.3 is 0 Å². The third kappa shape index (κ3) is 5.09. The SMILES string of the molecule is CN=C(N)SCCOc1cccc(Br)c1. The van der Waals surface area contributed by atoms with E-state index in [2.05, 4.69) is 20.9 Å². The molecule has 1 rings (SSSR count). The van der Waals surface area contributed by atoms with Crippen molar-refractivity contribution in [1.82, 2.24) is 0 Å². The summed E-state index contributed by atoms with van der Waals surface area (Å²) in [5, 5.41) is 0.591. The first-order valence-corrected chi connectivity index (χ1v) is 6.23. The number of hydrogen-bond acceptors (Lipinski definition) is 3. The molecule has 0 spiro atoms. The fourth-order valence-corrected chi connectivity index (χ4v) is 1.81. The number of amidine groups is 1. The highest BCUT2D eigenvalue weighted by atomic mass is 79.9. The zero-order valence-corrected chi connectivity index (χ0v) is 10.8. The normalized spacial score (nSPS) is 11.5. The van der Waals surface area contributed by atoms with E-state index in [0.29, 0.717) is 11.8 Å². The third-order valence-electron chi connectivity index (χ3n) is 1.62. The van der Waals surface area contributed by atoms with E-state index in [0.717, 1.165) is 16.0 Å². The van der Waals surface area contributed by atoms with Crippen LogP contribution < -0.4 is 10.5 Å². The maximum Gasteiger partial charge on any atom is 0.153 e. The van der Waals surface area contributed by atoms with Gasteiger partial charge in [0.15, 0.2) is 5.17 Å². The molecule has 0 saturated heterocycles. The summed E-state index contributed by atoms with van der Waals surface area (Å²) in [6, 6.07) is 7.76.